The number of rotatable bonds is 6. The summed E-state index contributed by atoms with van der Waals surface area (Å²) in [4.78, 5) is 16.0. The highest BCUT2D eigenvalue weighted by atomic mass is 35.5. The maximum atomic E-state index is 15.1. The lowest BCUT2D eigenvalue weighted by Gasteiger charge is -2.34. The van der Waals surface area contributed by atoms with Gasteiger partial charge in [-0.05, 0) is 75.4 Å². The van der Waals surface area contributed by atoms with Crippen LogP contribution in [0.15, 0.2) is 40.9 Å². The number of hydrogen-bond acceptors (Lipinski definition) is 5. The van der Waals surface area contributed by atoms with E-state index in [1.165, 1.54) is 6.07 Å². The molecule has 3 unspecified atom stereocenters. The van der Waals surface area contributed by atoms with E-state index in [-0.39, 0.29) is 23.1 Å². The van der Waals surface area contributed by atoms with Gasteiger partial charge >= 0.3 is 5.97 Å². The molecule has 2 bridgehead atoms. The van der Waals surface area contributed by atoms with Crippen molar-refractivity contribution in [1.29, 1.82) is 0 Å². The van der Waals surface area contributed by atoms with Gasteiger partial charge in [-0.15, -0.1) is 0 Å². The van der Waals surface area contributed by atoms with Crippen LogP contribution in [0.2, 0.25) is 10.0 Å². The number of aromatic carboxylic acids is 1. The predicted octanol–water partition coefficient (Wildman–Crippen LogP) is 7.00. The van der Waals surface area contributed by atoms with Crippen LogP contribution in [0.25, 0.3) is 11.3 Å². The lowest BCUT2D eigenvalue weighted by atomic mass is 9.73. The number of likely N-dealkylation sites (tertiary alicyclic amines) is 1. The fourth-order valence-corrected chi connectivity index (χ4v) is 7.92. The summed E-state index contributed by atoms with van der Waals surface area (Å²) in [7, 11) is 0. The predicted molar refractivity (Wildman–Crippen MR) is 144 cm³/mol. The zero-order valence-electron chi connectivity index (χ0n) is 20.8. The molecule has 3 aromatic rings. The highest BCUT2D eigenvalue weighted by Crippen LogP contribution is 2.56. The van der Waals surface area contributed by atoms with Crippen LogP contribution in [0.5, 0.6) is 0 Å². The summed E-state index contributed by atoms with van der Waals surface area (Å²) in [5.41, 5.74) is 3.13. The number of benzene rings is 2. The van der Waals surface area contributed by atoms with Gasteiger partial charge in [-0.1, -0.05) is 34.4 Å². The summed E-state index contributed by atoms with van der Waals surface area (Å²) in [5, 5.41) is 14.8. The van der Waals surface area contributed by atoms with Crippen LogP contribution >= 0.6 is 23.2 Å². The first-order valence-corrected chi connectivity index (χ1v) is 14.1. The molecule has 4 aliphatic rings. The minimum absolute atomic E-state index is 0.0193. The van der Waals surface area contributed by atoms with Crippen molar-refractivity contribution in [3.8, 4) is 11.3 Å². The number of nitrogens with zero attached hydrogens (tertiary/aromatic N) is 3. The van der Waals surface area contributed by atoms with Crippen LogP contribution in [-0.4, -0.2) is 46.3 Å². The number of carboxylic acids is 1. The summed E-state index contributed by atoms with van der Waals surface area (Å²) < 4.78 is 21.0. The van der Waals surface area contributed by atoms with Crippen molar-refractivity contribution in [2.45, 2.75) is 63.1 Å². The van der Waals surface area contributed by atoms with E-state index < -0.39 is 11.8 Å². The Morgan fingerprint density at radius 2 is 1.95 bits per heavy atom. The second-order valence-corrected chi connectivity index (χ2v) is 12.2. The SMILES string of the molecule is O=C(O)c1ccc(N2C3CCC2C2(CCN(Cc4c(-c5c(Cl)cccc5Cl)noc4C4CC4)C2)C3)c(F)c1. The van der Waals surface area contributed by atoms with Gasteiger partial charge in [0, 0.05) is 47.6 Å². The Labute approximate surface area is 230 Å². The van der Waals surface area contributed by atoms with Crippen molar-refractivity contribution in [1.82, 2.24) is 10.1 Å². The highest BCUT2D eigenvalue weighted by molar-refractivity contribution is 6.39. The molecule has 4 heterocycles. The quantitative estimate of drug-likeness (QED) is 0.353. The molecule has 1 N–H and O–H groups in total. The van der Waals surface area contributed by atoms with Crippen LogP contribution in [0.4, 0.5) is 10.1 Å². The molecule has 3 saturated heterocycles. The lowest BCUT2D eigenvalue weighted by molar-refractivity contribution is 0.0696. The summed E-state index contributed by atoms with van der Waals surface area (Å²) in [5.74, 6) is -0.209. The maximum absolute atomic E-state index is 15.1. The maximum Gasteiger partial charge on any atom is 0.335 e. The molecule has 3 aliphatic heterocycles. The van der Waals surface area contributed by atoms with Crippen molar-refractivity contribution in [2.75, 3.05) is 18.0 Å². The van der Waals surface area contributed by atoms with Crippen molar-refractivity contribution < 1.29 is 18.8 Å². The van der Waals surface area contributed by atoms with Crippen LogP contribution < -0.4 is 4.90 Å². The Morgan fingerprint density at radius 3 is 2.66 bits per heavy atom. The molecule has 1 aliphatic carbocycles. The standard InChI is InChI=1S/C29H28Cl2FN3O3/c30-20-2-1-3-21(31)25(20)26-19(27(38-33-26)16-4-5-16)14-34-11-10-29(15-34)13-18-7-9-24(29)35(18)23-8-6-17(28(36)37)12-22(23)32/h1-3,6,8,12,16,18,24H,4-5,7,9-11,13-15H2,(H,36,37). The molecule has 6 nitrogen and oxygen atoms in total. The summed E-state index contributed by atoms with van der Waals surface area (Å²) in [6.45, 7) is 2.58. The van der Waals surface area contributed by atoms with Gasteiger partial charge in [0.05, 0.1) is 21.3 Å². The number of fused-ring (bicyclic) bond motifs is 3. The molecular weight excluding hydrogens is 528 g/mol. The molecule has 4 fully saturated rings. The minimum Gasteiger partial charge on any atom is -0.478 e. The van der Waals surface area contributed by atoms with E-state index in [0.717, 1.165) is 80.3 Å². The second-order valence-electron chi connectivity index (χ2n) is 11.4. The van der Waals surface area contributed by atoms with Gasteiger partial charge < -0.3 is 14.5 Å². The average molecular weight is 556 g/mol. The zero-order valence-corrected chi connectivity index (χ0v) is 22.3. The van der Waals surface area contributed by atoms with E-state index in [0.29, 0.717) is 28.2 Å². The summed E-state index contributed by atoms with van der Waals surface area (Å²) >= 11 is 13.1. The molecule has 1 aromatic heterocycles. The van der Waals surface area contributed by atoms with Crippen LogP contribution in [0.3, 0.4) is 0 Å². The van der Waals surface area contributed by atoms with E-state index in [2.05, 4.69) is 15.0 Å². The number of hydrogen-bond donors (Lipinski definition) is 1. The Balaban J connectivity index is 1.16. The third-order valence-electron chi connectivity index (χ3n) is 9.14. The first-order valence-electron chi connectivity index (χ1n) is 13.3. The van der Waals surface area contributed by atoms with Crippen molar-refractivity contribution in [2.24, 2.45) is 5.41 Å². The van der Waals surface area contributed by atoms with Gasteiger partial charge in [0.1, 0.15) is 17.3 Å². The molecule has 3 atom stereocenters. The number of carboxylic acid groups (broad SMARTS) is 1. The molecule has 198 valence electrons. The Kier molecular flexibility index (Phi) is 5.77. The molecule has 2 aromatic carbocycles. The molecule has 1 spiro atoms. The third kappa shape index (κ3) is 3.85. The van der Waals surface area contributed by atoms with Crippen LogP contribution in [0, 0.1) is 11.2 Å². The molecule has 0 radical (unpaired) electrons. The molecule has 9 heteroatoms. The van der Waals surface area contributed by atoms with E-state index >= 15 is 4.39 Å². The van der Waals surface area contributed by atoms with Crippen LogP contribution in [-0.2, 0) is 6.54 Å². The zero-order chi connectivity index (χ0) is 26.2. The third-order valence-corrected chi connectivity index (χ3v) is 9.77. The first kappa shape index (κ1) is 24.4. The number of anilines is 1. The molecular formula is C29H28Cl2FN3O3. The van der Waals surface area contributed by atoms with E-state index in [1.807, 2.05) is 18.2 Å². The van der Waals surface area contributed by atoms with E-state index in [9.17, 15) is 9.90 Å². The van der Waals surface area contributed by atoms with Gasteiger partial charge in [0.25, 0.3) is 0 Å². The monoisotopic (exact) mass is 555 g/mol. The second kappa shape index (κ2) is 8.97. The number of carbonyl (C=O) groups is 1. The Morgan fingerprint density at radius 1 is 1.16 bits per heavy atom. The molecule has 38 heavy (non-hydrogen) atoms. The van der Waals surface area contributed by atoms with E-state index in [4.69, 9.17) is 27.7 Å². The van der Waals surface area contributed by atoms with Crippen molar-refractivity contribution in [3.05, 3.63) is 69.1 Å². The largest absolute Gasteiger partial charge is 0.478 e. The van der Waals surface area contributed by atoms with Gasteiger partial charge in [-0.3, -0.25) is 4.90 Å². The first-order chi connectivity index (χ1) is 18.3. The van der Waals surface area contributed by atoms with Gasteiger partial charge in [0.2, 0.25) is 0 Å². The number of aromatic nitrogens is 1. The van der Waals surface area contributed by atoms with Gasteiger partial charge in [0.15, 0.2) is 0 Å². The smallest absolute Gasteiger partial charge is 0.335 e. The topological polar surface area (TPSA) is 69.8 Å². The molecule has 0 amide bonds. The Hall–Kier alpha value is -2.61. The Bertz CT molecular complexity index is 1420. The van der Waals surface area contributed by atoms with Gasteiger partial charge in [-0.2, -0.15) is 0 Å². The summed E-state index contributed by atoms with van der Waals surface area (Å²) in [6.07, 6.45) is 6.35. The number of halogens is 3. The minimum atomic E-state index is -1.11. The average Bonchev–Trinajstić information content (AvgIpc) is 3.20. The van der Waals surface area contributed by atoms with Gasteiger partial charge in [-0.25, -0.2) is 9.18 Å². The van der Waals surface area contributed by atoms with Crippen molar-refractivity contribution >= 4 is 34.9 Å². The van der Waals surface area contributed by atoms with Crippen molar-refractivity contribution in [3.63, 3.8) is 0 Å². The highest BCUT2D eigenvalue weighted by Gasteiger charge is 2.58. The fourth-order valence-electron chi connectivity index (χ4n) is 7.35. The summed E-state index contributed by atoms with van der Waals surface area (Å²) in [6, 6.07) is 10.3. The lowest BCUT2D eigenvalue weighted by Crippen LogP contribution is -2.40. The normalized spacial score (nSPS) is 26.7. The molecule has 7 rings (SSSR count). The molecule has 1 saturated carbocycles. The van der Waals surface area contributed by atoms with Crippen LogP contribution in [0.1, 0.15) is 66.1 Å². The fraction of sp³-hybridized carbons (Fsp3) is 0.448. The van der Waals surface area contributed by atoms with E-state index in [1.54, 1.807) is 6.07 Å².